The molecule has 1 nitrogen and oxygen atoms in total. The molecule has 0 spiro atoms. The summed E-state index contributed by atoms with van der Waals surface area (Å²) in [7, 11) is 0. The number of benzene rings is 1. The SMILES string of the molecule is CC(CN)SCC(F)(F)c1ccccc1. The molecule has 1 aromatic rings. The molecule has 0 amide bonds. The monoisotopic (exact) mass is 231 g/mol. The first-order valence-corrected chi connectivity index (χ1v) is 5.86. The maximum atomic E-state index is 13.6. The molecule has 4 heteroatoms. The smallest absolute Gasteiger partial charge is 0.282 e. The van der Waals surface area contributed by atoms with Crippen molar-refractivity contribution in [3.8, 4) is 0 Å². The van der Waals surface area contributed by atoms with Gasteiger partial charge < -0.3 is 5.73 Å². The van der Waals surface area contributed by atoms with Gasteiger partial charge in [0.1, 0.15) is 0 Å². The summed E-state index contributed by atoms with van der Waals surface area (Å²) in [5.74, 6) is -2.98. The third-order valence-corrected chi connectivity index (χ3v) is 3.37. The van der Waals surface area contributed by atoms with E-state index in [4.69, 9.17) is 5.73 Å². The van der Waals surface area contributed by atoms with Gasteiger partial charge in [0, 0.05) is 17.4 Å². The van der Waals surface area contributed by atoms with E-state index in [0.29, 0.717) is 6.54 Å². The summed E-state index contributed by atoms with van der Waals surface area (Å²) in [5, 5.41) is 0.0691. The molecule has 15 heavy (non-hydrogen) atoms. The van der Waals surface area contributed by atoms with Gasteiger partial charge in [0.15, 0.2) is 0 Å². The van der Waals surface area contributed by atoms with E-state index in [1.165, 1.54) is 23.9 Å². The van der Waals surface area contributed by atoms with Gasteiger partial charge in [-0.25, -0.2) is 8.78 Å². The minimum Gasteiger partial charge on any atom is -0.329 e. The van der Waals surface area contributed by atoms with Crippen molar-refractivity contribution in [2.24, 2.45) is 5.73 Å². The van der Waals surface area contributed by atoms with Gasteiger partial charge >= 0.3 is 0 Å². The third-order valence-electron chi connectivity index (χ3n) is 2.08. The van der Waals surface area contributed by atoms with Crippen LogP contribution in [0.25, 0.3) is 0 Å². The lowest BCUT2D eigenvalue weighted by Crippen LogP contribution is -2.21. The summed E-state index contributed by atoms with van der Waals surface area (Å²) in [6.45, 7) is 2.28. The van der Waals surface area contributed by atoms with Crippen LogP contribution in [0.3, 0.4) is 0 Å². The molecule has 1 unspecified atom stereocenters. The number of nitrogens with two attached hydrogens (primary N) is 1. The van der Waals surface area contributed by atoms with Crippen LogP contribution in [-0.2, 0) is 5.92 Å². The van der Waals surface area contributed by atoms with Crippen molar-refractivity contribution in [2.75, 3.05) is 12.3 Å². The minimum absolute atomic E-state index is 0.0691. The number of thioether (sulfide) groups is 1. The molecule has 0 aromatic heterocycles. The van der Waals surface area contributed by atoms with Crippen LogP contribution in [0.2, 0.25) is 0 Å². The van der Waals surface area contributed by atoms with E-state index in [1.54, 1.807) is 18.2 Å². The highest BCUT2D eigenvalue weighted by Crippen LogP contribution is 2.32. The zero-order chi connectivity index (χ0) is 11.3. The second-order valence-electron chi connectivity index (χ2n) is 3.43. The molecule has 0 radical (unpaired) electrons. The van der Waals surface area contributed by atoms with E-state index in [-0.39, 0.29) is 16.6 Å². The zero-order valence-electron chi connectivity index (χ0n) is 8.62. The van der Waals surface area contributed by atoms with Crippen molar-refractivity contribution in [1.82, 2.24) is 0 Å². The molecule has 1 aromatic carbocycles. The largest absolute Gasteiger partial charge is 0.329 e. The van der Waals surface area contributed by atoms with Crippen molar-refractivity contribution >= 4 is 11.8 Å². The lowest BCUT2D eigenvalue weighted by Gasteiger charge is -2.18. The average molecular weight is 231 g/mol. The summed E-state index contributed by atoms with van der Waals surface area (Å²) in [4.78, 5) is 0. The van der Waals surface area contributed by atoms with E-state index >= 15 is 0 Å². The fourth-order valence-electron chi connectivity index (χ4n) is 1.08. The van der Waals surface area contributed by atoms with Crippen LogP contribution in [0.1, 0.15) is 12.5 Å². The van der Waals surface area contributed by atoms with E-state index in [2.05, 4.69) is 0 Å². The Morgan fingerprint density at radius 3 is 2.47 bits per heavy atom. The molecule has 0 aliphatic heterocycles. The Morgan fingerprint density at radius 1 is 1.33 bits per heavy atom. The molecule has 0 bridgehead atoms. The lowest BCUT2D eigenvalue weighted by atomic mass is 10.1. The summed E-state index contributed by atoms with van der Waals surface area (Å²) < 4.78 is 27.2. The fourth-order valence-corrected chi connectivity index (χ4v) is 1.88. The summed E-state index contributed by atoms with van der Waals surface area (Å²) >= 11 is 1.20. The van der Waals surface area contributed by atoms with Crippen LogP contribution in [0.15, 0.2) is 30.3 Å². The Morgan fingerprint density at radius 2 is 1.93 bits per heavy atom. The summed E-state index contributed by atoms with van der Waals surface area (Å²) in [6, 6.07) is 7.89. The highest BCUT2D eigenvalue weighted by molar-refractivity contribution is 7.99. The van der Waals surface area contributed by atoms with Gasteiger partial charge in [0.05, 0.1) is 5.75 Å². The Kier molecular flexibility index (Phi) is 4.54. The predicted octanol–water partition coefficient (Wildman–Crippen LogP) is 2.86. The quantitative estimate of drug-likeness (QED) is 0.843. The highest BCUT2D eigenvalue weighted by atomic mass is 32.2. The van der Waals surface area contributed by atoms with Gasteiger partial charge in [0.25, 0.3) is 5.92 Å². The number of hydrogen-bond donors (Lipinski definition) is 1. The molecule has 1 atom stereocenters. The van der Waals surface area contributed by atoms with Crippen LogP contribution >= 0.6 is 11.8 Å². The van der Waals surface area contributed by atoms with Crippen molar-refractivity contribution in [1.29, 1.82) is 0 Å². The molecule has 84 valence electrons. The predicted molar refractivity (Wildman–Crippen MR) is 61.3 cm³/mol. The van der Waals surface area contributed by atoms with Gasteiger partial charge in [-0.05, 0) is 0 Å². The molecule has 0 saturated carbocycles. The minimum atomic E-state index is -2.77. The van der Waals surface area contributed by atoms with E-state index < -0.39 is 5.92 Å². The number of hydrogen-bond acceptors (Lipinski definition) is 2. The molecule has 2 N–H and O–H groups in total. The fraction of sp³-hybridized carbons (Fsp3) is 0.455. The molecule has 0 aliphatic carbocycles. The molecule has 0 fully saturated rings. The average Bonchev–Trinajstić information content (AvgIpc) is 2.27. The van der Waals surface area contributed by atoms with E-state index in [9.17, 15) is 8.78 Å². The molecule has 0 saturated heterocycles. The van der Waals surface area contributed by atoms with E-state index in [1.807, 2.05) is 6.92 Å². The Bertz CT molecular complexity index is 290. The standard InChI is InChI=1S/C11H15F2NS/c1-9(7-14)15-8-11(12,13)10-5-3-2-4-6-10/h2-6,9H,7-8,14H2,1H3. The topological polar surface area (TPSA) is 26.0 Å². The third kappa shape index (κ3) is 3.80. The molecule has 0 heterocycles. The first kappa shape index (κ1) is 12.5. The maximum Gasteiger partial charge on any atom is 0.282 e. The van der Waals surface area contributed by atoms with Gasteiger partial charge in [-0.2, -0.15) is 11.8 Å². The van der Waals surface area contributed by atoms with Crippen LogP contribution in [0.4, 0.5) is 8.78 Å². The maximum absolute atomic E-state index is 13.6. The van der Waals surface area contributed by atoms with Crippen molar-refractivity contribution in [3.63, 3.8) is 0 Å². The lowest BCUT2D eigenvalue weighted by molar-refractivity contribution is 0.0231. The number of alkyl halides is 2. The summed E-state index contributed by atoms with van der Waals surface area (Å²) in [5.41, 5.74) is 5.45. The van der Waals surface area contributed by atoms with Gasteiger partial charge in [-0.1, -0.05) is 37.3 Å². The van der Waals surface area contributed by atoms with Crippen LogP contribution in [0, 0.1) is 0 Å². The normalized spacial score (nSPS) is 13.9. The molecular formula is C11H15F2NS. The van der Waals surface area contributed by atoms with Crippen LogP contribution in [-0.4, -0.2) is 17.5 Å². The second kappa shape index (κ2) is 5.47. The first-order chi connectivity index (χ1) is 7.06. The Hall–Kier alpha value is -0.610. The van der Waals surface area contributed by atoms with Gasteiger partial charge in [0.2, 0.25) is 0 Å². The van der Waals surface area contributed by atoms with Crippen molar-refractivity contribution in [3.05, 3.63) is 35.9 Å². The second-order valence-corrected chi connectivity index (χ2v) is 4.85. The Labute approximate surface area is 93.1 Å². The zero-order valence-corrected chi connectivity index (χ0v) is 9.44. The van der Waals surface area contributed by atoms with Crippen LogP contribution < -0.4 is 5.73 Å². The summed E-state index contributed by atoms with van der Waals surface area (Å²) in [6.07, 6.45) is 0. The van der Waals surface area contributed by atoms with Gasteiger partial charge in [-0.3, -0.25) is 0 Å². The van der Waals surface area contributed by atoms with Crippen LogP contribution in [0.5, 0.6) is 0 Å². The van der Waals surface area contributed by atoms with Gasteiger partial charge in [-0.15, -0.1) is 0 Å². The molecule has 1 rings (SSSR count). The van der Waals surface area contributed by atoms with Crippen molar-refractivity contribution in [2.45, 2.75) is 18.1 Å². The highest BCUT2D eigenvalue weighted by Gasteiger charge is 2.31. The molecule has 0 aliphatic rings. The number of rotatable bonds is 5. The van der Waals surface area contributed by atoms with Crippen molar-refractivity contribution < 1.29 is 8.78 Å². The molecular weight excluding hydrogens is 216 g/mol. The first-order valence-electron chi connectivity index (χ1n) is 4.81. The van der Waals surface area contributed by atoms with E-state index in [0.717, 1.165) is 0 Å². The Balaban J connectivity index is 2.59. The number of halogens is 2.